The van der Waals surface area contributed by atoms with Crippen molar-refractivity contribution in [2.75, 3.05) is 7.05 Å². The lowest BCUT2D eigenvalue weighted by molar-refractivity contribution is 0.246. The minimum Gasteiger partial charge on any atom is -0.292 e. The molecule has 3 rings (SSSR count). The third-order valence-corrected chi connectivity index (χ3v) is 4.31. The molecule has 0 spiro atoms. The molecule has 0 N–H and O–H groups in total. The predicted molar refractivity (Wildman–Crippen MR) is 87.6 cm³/mol. The van der Waals surface area contributed by atoms with Gasteiger partial charge in [0.1, 0.15) is 6.33 Å². The van der Waals surface area contributed by atoms with Gasteiger partial charge in [-0.05, 0) is 32.2 Å². The molecule has 0 fully saturated rings. The first-order valence-electron chi connectivity index (χ1n) is 7.14. The van der Waals surface area contributed by atoms with Gasteiger partial charge in [0.05, 0.1) is 21.9 Å². The third-order valence-electron chi connectivity index (χ3n) is 3.99. The minimum absolute atomic E-state index is 0.169. The smallest absolute Gasteiger partial charge is 0.115 e. The van der Waals surface area contributed by atoms with Gasteiger partial charge < -0.3 is 0 Å². The quantitative estimate of drug-likeness (QED) is 0.741. The van der Waals surface area contributed by atoms with Crippen molar-refractivity contribution in [1.82, 2.24) is 24.6 Å². The molecule has 0 saturated carbocycles. The van der Waals surface area contributed by atoms with E-state index in [-0.39, 0.29) is 6.04 Å². The van der Waals surface area contributed by atoms with Crippen LogP contribution < -0.4 is 0 Å². The Labute approximate surface area is 134 Å². The predicted octanol–water partition coefficient (Wildman–Crippen LogP) is 3.21. The zero-order valence-corrected chi connectivity index (χ0v) is 13.6. The lowest BCUT2D eigenvalue weighted by Crippen LogP contribution is -2.23. The number of aromatic nitrogens is 4. The Morgan fingerprint density at radius 3 is 2.86 bits per heavy atom. The van der Waals surface area contributed by atoms with E-state index in [1.807, 2.05) is 36.0 Å². The van der Waals surface area contributed by atoms with E-state index in [1.54, 1.807) is 12.5 Å². The van der Waals surface area contributed by atoms with E-state index in [0.717, 1.165) is 27.3 Å². The van der Waals surface area contributed by atoms with Gasteiger partial charge in [-0.25, -0.2) is 9.97 Å². The fraction of sp³-hybridized carbons (Fsp3) is 0.312. The molecule has 0 amide bonds. The normalized spacial score (nSPS) is 13.0. The third kappa shape index (κ3) is 2.69. The molecule has 3 aromatic rings. The summed E-state index contributed by atoms with van der Waals surface area (Å²) in [7, 11) is 4.00. The molecule has 1 aromatic carbocycles. The van der Waals surface area contributed by atoms with Crippen LogP contribution in [-0.4, -0.2) is 31.7 Å². The Morgan fingerprint density at radius 2 is 2.14 bits per heavy atom. The van der Waals surface area contributed by atoms with Gasteiger partial charge in [0.25, 0.3) is 0 Å². The molecule has 0 unspecified atom stereocenters. The Balaban J connectivity index is 1.90. The molecule has 0 aliphatic carbocycles. The second-order valence-corrected chi connectivity index (χ2v) is 5.84. The lowest BCUT2D eigenvalue weighted by atomic mass is 10.1. The Hall–Kier alpha value is -1.98. The van der Waals surface area contributed by atoms with Crippen molar-refractivity contribution in [3.8, 4) is 0 Å². The monoisotopic (exact) mass is 315 g/mol. The molecule has 5 nitrogen and oxygen atoms in total. The van der Waals surface area contributed by atoms with Crippen LogP contribution in [0.2, 0.25) is 5.02 Å². The molecule has 0 aliphatic heterocycles. The van der Waals surface area contributed by atoms with Crippen molar-refractivity contribution in [3.05, 3.63) is 53.2 Å². The Kier molecular flexibility index (Phi) is 4.09. The molecule has 0 radical (unpaired) electrons. The van der Waals surface area contributed by atoms with Crippen molar-refractivity contribution in [2.24, 2.45) is 7.05 Å². The number of nitrogens with zero attached hydrogens (tertiary/aromatic N) is 5. The van der Waals surface area contributed by atoms with Gasteiger partial charge in [0.2, 0.25) is 0 Å². The molecule has 2 aromatic heterocycles. The average Bonchev–Trinajstić information content (AvgIpc) is 2.85. The van der Waals surface area contributed by atoms with Crippen LogP contribution in [0.15, 0.2) is 36.8 Å². The SMILES string of the molecule is C[C@@H](c1ccncn1)N(C)Cc1nn(C)c2cccc(Cl)c12. The molecular weight excluding hydrogens is 298 g/mol. The number of halogens is 1. The summed E-state index contributed by atoms with van der Waals surface area (Å²) in [4.78, 5) is 10.5. The highest BCUT2D eigenvalue weighted by molar-refractivity contribution is 6.35. The summed E-state index contributed by atoms with van der Waals surface area (Å²) >= 11 is 6.36. The van der Waals surface area contributed by atoms with E-state index >= 15 is 0 Å². The number of benzene rings is 1. The molecule has 0 saturated heterocycles. The standard InChI is InChI=1S/C16H18ClN5/c1-11(13-7-8-18-10-19-13)21(2)9-14-16-12(17)5-4-6-15(16)22(3)20-14/h4-8,10-11H,9H2,1-3H3/t11-/m0/s1. The van der Waals surface area contributed by atoms with Crippen LogP contribution >= 0.6 is 11.6 Å². The highest BCUT2D eigenvalue weighted by Gasteiger charge is 2.18. The van der Waals surface area contributed by atoms with Crippen LogP contribution in [-0.2, 0) is 13.6 Å². The number of fused-ring (bicyclic) bond motifs is 1. The van der Waals surface area contributed by atoms with Crippen molar-refractivity contribution in [2.45, 2.75) is 19.5 Å². The van der Waals surface area contributed by atoms with Gasteiger partial charge in [-0.3, -0.25) is 9.58 Å². The first kappa shape index (κ1) is 14.9. The van der Waals surface area contributed by atoms with Gasteiger partial charge in [-0.1, -0.05) is 17.7 Å². The number of hydrogen-bond donors (Lipinski definition) is 0. The highest BCUT2D eigenvalue weighted by Crippen LogP contribution is 2.28. The van der Waals surface area contributed by atoms with Gasteiger partial charge in [-0.2, -0.15) is 5.10 Å². The molecule has 0 bridgehead atoms. The second-order valence-electron chi connectivity index (χ2n) is 5.43. The fourth-order valence-electron chi connectivity index (χ4n) is 2.61. The van der Waals surface area contributed by atoms with Crippen LogP contribution in [0.3, 0.4) is 0 Å². The van der Waals surface area contributed by atoms with Crippen molar-refractivity contribution in [3.63, 3.8) is 0 Å². The maximum atomic E-state index is 6.36. The summed E-state index contributed by atoms with van der Waals surface area (Å²) in [6.45, 7) is 2.82. The number of rotatable bonds is 4. The van der Waals surface area contributed by atoms with E-state index in [9.17, 15) is 0 Å². The zero-order valence-electron chi connectivity index (χ0n) is 12.9. The largest absolute Gasteiger partial charge is 0.292 e. The highest BCUT2D eigenvalue weighted by atomic mass is 35.5. The molecule has 1 atom stereocenters. The molecule has 2 heterocycles. The van der Waals surface area contributed by atoms with Gasteiger partial charge in [0.15, 0.2) is 0 Å². The Bertz CT molecular complexity index is 784. The van der Waals surface area contributed by atoms with Crippen molar-refractivity contribution < 1.29 is 0 Å². The summed E-state index contributed by atoms with van der Waals surface area (Å²) in [6, 6.07) is 7.99. The summed E-state index contributed by atoms with van der Waals surface area (Å²) in [5.41, 5.74) is 3.01. The van der Waals surface area contributed by atoms with Crippen LogP contribution in [0.4, 0.5) is 0 Å². The topological polar surface area (TPSA) is 46.8 Å². The minimum atomic E-state index is 0.169. The van der Waals surface area contributed by atoms with Crippen molar-refractivity contribution in [1.29, 1.82) is 0 Å². The Morgan fingerprint density at radius 1 is 1.32 bits per heavy atom. The van der Waals surface area contributed by atoms with Crippen molar-refractivity contribution >= 4 is 22.5 Å². The van der Waals surface area contributed by atoms with E-state index < -0.39 is 0 Å². The zero-order chi connectivity index (χ0) is 15.7. The maximum absolute atomic E-state index is 6.36. The van der Waals surface area contributed by atoms with Gasteiger partial charge in [0, 0.05) is 31.2 Å². The van der Waals surface area contributed by atoms with E-state index in [1.165, 1.54) is 0 Å². The number of aryl methyl sites for hydroxylation is 1. The van der Waals surface area contributed by atoms with E-state index in [2.05, 4.69) is 33.9 Å². The molecular formula is C16H18ClN5. The molecule has 114 valence electrons. The van der Waals surface area contributed by atoms with Crippen LogP contribution in [0, 0.1) is 0 Å². The maximum Gasteiger partial charge on any atom is 0.115 e. The fourth-order valence-corrected chi connectivity index (χ4v) is 2.89. The summed E-state index contributed by atoms with van der Waals surface area (Å²) in [5, 5.41) is 6.39. The summed E-state index contributed by atoms with van der Waals surface area (Å²) in [6.07, 6.45) is 3.34. The molecule has 6 heteroatoms. The second kappa shape index (κ2) is 6.02. The van der Waals surface area contributed by atoms with Crippen LogP contribution in [0.1, 0.15) is 24.4 Å². The number of hydrogen-bond acceptors (Lipinski definition) is 4. The van der Waals surface area contributed by atoms with Crippen LogP contribution in [0.5, 0.6) is 0 Å². The van der Waals surface area contributed by atoms with Gasteiger partial charge >= 0.3 is 0 Å². The summed E-state index contributed by atoms with van der Waals surface area (Å²) in [5.74, 6) is 0. The summed E-state index contributed by atoms with van der Waals surface area (Å²) < 4.78 is 1.87. The van der Waals surface area contributed by atoms with Gasteiger partial charge in [-0.15, -0.1) is 0 Å². The average molecular weight is 316 g/mol. The first-order valence-corrected chi connectivity index (χ1v) is 7.52. The van der Waals surface area contributed by atoms with E-state index in [4.69, 9.17) is 11.6 Å². The first-order chi connectivity index (χ1) is 10.6. The van der Waals surface area contributed by atoms with Crippen LogP contribution in [0.25, 0.3) is 10.9 Å². The van der Waals surface area contributed by atoms with E-state index in [0.29, 0.717) is 6.54 Å². The molecule has 22 heavy (non-hydrogen) atoms. The molecule has 0 aliphatic rings. The lowest BCUT2D eigenvalue weighted by Gasteiger charge is -2.23.